The van der Waals surface area contributed by atoms with Crippen molar-refractivity contribution in [3.63, 3.8) is 0 Å². The summed E-state index contributed by atoms with van der Waals surface area (Å²) in [7, 11) is 0. The second kappa shape index (κ2) is 8.85. The zero-order chi connectivity index (χ0) is 25.8. The molecule has 1 nitrogen and oxygen atoms in total. The first-order chi connectivity index (χ1) is 19.3. The Morgan fingerprint density at radius 1 is 0.462 bits per heavy atom. The smallest absolute Gasteiger partial charge is 0.135 e. The normalized spacial score (nSPS) is 12.8. The number of benzene rings is 6. The van der Waals surface area contributed by atoms with Gasteiger partial charge in [-0.25, -0.2) is 0 Å². The monoisotopic (exact) mass is 498 g/mol. The van der Waals surface area contributed by atoms with Crippen LogP contribution in [-0.4, -0.2) is 0 Å². The third-order valence-corrected chi connectivity index (χ3v) is 8.15. The average molecular weight is 499 g/mol. The highest BCUT2D eigenvalue weighted by Gasteiger charge is 2.22. The van der Waals surface area contributed by atoms with Crippen LogP contribution in [0, 0.1) is 0 Å². The van der Waals surface area contributed by atoms with E-state index < -0.39 is 0 Å². The summed E-state index contributed by atoms with van der Waals surface area (Å²) in [6.07, 6.45) is 6.77. The minimum atomic E-state index is 0.938. The van der Waals surface area contributed by atoms with Crippen molar-refractivity contribution in [2.75, 3.05) is 0 Å². The van der Waals surface area contributed by atoms with Crippen LogP contribution in [0.5, 0.6) is 0 Å². The second-order valence-corrected chi connectivity index (χ2v) is 10.4. The third kappa shape index (κ3) is 3.55. The summed E-state index contributed by atoms with van der Waals surface area (Å²) < 4.78 is 6.15. The van der Waals surface area contributed by atoms with Gasteiger partial charge < -0.3 is 4.42 Å². The van der Waals surface area contributed by atoms with Crippen LogP contribution in [0.3, 0.4) is 0 Å². The number of hydrogen-bond donors (Lipinski definition) is 0. The van der Waals surface area contributed by atoms with Gasteiger partial charge >= 0.3 is 0 Å². The van der Waals surface area contributed by atoms with E-state index in [2.05, 4.69) is 127 Å². The Bertz CT molecular complexity index is 2040. The Balaban J connectivity index is 1.38. The number of rotatable bonds is 3. The molecule has 1 heterocycles. The van der Waals surface area contributed by atoms with E-state index in [4.69, 9.17) is 4.42 Å². The van der Waals surface area contributed by atoms with Crippen molar-refractivity contribution in [2.24, 2.45) is 0 Å². The standard InChI is InChI=1S/C38H26O/c1-2-10-25(11-3-1)26-18-20-27(21-19-26)37-30-13-4-6-15-32(30)38(33-16-7-5-14-31(33)37)28-22-23-36-34(24-28)29-12-8-9-17-35(29)39-36/h1-6,8-15,17-24H,7,16H2. The van der Waals surface area contributed by atoms with E-state index in [1.807, 2.05) is 6.07 Å². The van der Waals surface area contributed by atoms with Crippen molar-refractivity contribution in [3.05, 3.63) is 139 Å². The van der Waals surface area contributed by atoms with E-state index in [0.717, 1.165) is 24.0 Å². The first kappa shape index (κ1) is 22.1. The molecule has 0 spiro atoms. The van der Waals surface area contributed by atoms with Crippen molar-refractivity contribution in [1.82, 2.24) is 0 Å². The van der Waals surface area contributed by atoms with E-state index in [1.165, 1.54) is 66.1 Å². The minimum Gasteiger partial charge on any atom is -0.456 e. The highest BCUT2D eigenvalue weighted by molar-refractivity contribution is 6.12. The number of fused-ring (bicyclic) bond motifs is 5. The van der Waals surface area contributed by atoms with Gasteiger partial charge in [0.15, 0.2) is 0 Å². The fourth-order valence-electron chi connectivity index (χ4n) is 6.37. The van der Waals surface area contributed by atoms with E-state index in [1.54, 1.807) is 0 Å². The van der Waals surface area contributed by atoms with Gasteiger partial charge in [0.05, 0.1) is 0 Å². The first-order valence-electron chi connectivity index (χ1n) is 13.7. The molecule has 8 rings (SSSR count). The van der Waals surface area contributed by atoms with Gasteiger partial charge in [-0.05, 0) is 86.3 Å². The molecule has 0 atom stereocenters. The fourth-order valence-corrected chi connectivity index (χ4v) is 6.37. The van der Waals surface area contributed by atoms with Gasteiger partial charge in [0.2, 0.25) is 0 Å². The predicted molar refractivity (Wildman–Crippen MR) is 165 cm³/mol. The maximum atomic E-state index is 6.15. The topological polar surface area (TPSA) is 13.1 Å². The van der Waals surface area contributed by atoms with Crippen molar-refractivity contribution < 1.29 is 4.42 Å². The van der Waals surface area contributed by atoms with Gasteiger partial charge in [-0.2, -0.15) is 0 Å². The van der Waals surface area contributed by atoms with Crippen molar-refractivity contribution in [1.29, 1.82) is 0 Å². The molecular formula is C38H26O. The Labute approximate surface area is 227 Å². The first-order valence-corrected chi connectivity index (χ1v) is 13.7. The van der Waals surface area contributed by atoms with Gasteiger partial charge in [-0.1, -0.05) is 115 Å². The third-order valence-electron chi connectivity index (χ3n) is 8.15. The van der Waals surface area contributed by atoms with E-state index in [-0.39, 0.29) is 0 Å². The summed E-state index contributed by atoms with van der Waals surface area (Å²) >= 11 is 0. The summed E-state index contributed by atoms with van der Waals surface area (Å²) in [4.78, 5) is 0. The molecule has 0 N–H and O–H groups in total. The van der Waals surface area contributed by atoms with Crippen LogP contribution in [0.4, 0.5) is 0 Å². The summed E-state index contributed by atoms with van der Waals surface area (Å²) in [5.74, 6) is 0. The SMILES string of the molecule is C1=Cc2c(c(-c3ccc4oc5ccccc5c4c3)c3ccccc3c2-c2ccc(-c3ccccc3)cc2)CC1. The van der Waals surface area contributed by atoms with Gasteiger partial charge in [-0.3, -0.25) is 0 Å². The van der Waals surface area contributed by atoms with Crippen LogP contribution >= 0.6 is 0 Å². The zero-order valence-corrected chi connectivity index (χ0v) is 21.5. The Kier molecular flexibility index (Phi) is 5.03. The molecule has 0 aliphatic heterocycles. The number of allylic oxidation sites excluding steroid dienone is 1. The summed E-state index contributed by atoms with van der Waals surface area (Å²) in [5, 5.41) is 4.94. The average Bonchev–Trinajstić information content (AvgIpc) is 3.38. The number of para-hydroxylation sites is 1. The molecule has 0 saturated heterocycles. The molecule has 1 aromatic heterocycles. The molecule has 184 valence electrons. The molecule has 39 heavy (non-hydrogen) atoms. The molecule has 1 aliphatic carbocycles. The molecule has 1 aliphatic rings. The highest BCUT2D eigenvalue weighted by Crippen LogP contribution is 2.45. The predicted octanol–water partition coefficient (Wildman–Crippen LogP) is 10.7. The molecule has 1 heteroatoms. The molecule has 0 amide bonds. The maximum absolute atomic E-state index is 6.15. The Morgan fingerprint density at radius 3 is 1.90 bits per heavy atom. The quantitative estimate of drug-likeness (QED) is 0.236. The summed E-state index contributed by atoms with van der Waals surface area (Å²) in [6.45, 7) is 0. The van der Waals surface area contributed by atoms with Gasteiger partial charge in [-0.15, -0.1) is 0 Å². The van der Waals surface area contributed by atoms with E-state index >= 15 is 0 Å². The van der Waals surface area contributed by atoms with Crippen LogP contribution in [0.25, 0.3) is 72.2 Å². The molecule has 0 unspecified atom stereocenters. The zero-order valence-electron chi connectivity index (χ0n) is 21.5. The van der Waals surface area contributed by atoms with Crippen LogP contribution in [0.1, 0.15) is 17.5 Å². The van der Waals surface area contributed by atoms with Crippen molar-refractivity contribution in [2.45, 2.75) is 12.8 Å². The Hall–Kier alpha value is -4.88. The van der Waals surface area contributed by atoms with E-state index in [0.29, 0.717) is 0 Å². The molecule has 7 aromatic rings. The summed E-state index contributed by atoms with van der Waals surface area (Å²) in [6, 6.07) is 43.6. The maximum Gasteiger partial charge on any atom is 0.135 e. The van der Waals surface area contributed by atoms with Crippen LogP contribution in [0.15, 0.2) is 132 Å². The molecule has 0 radical (unpaired) electrons. The Morgan fingerprint density at radius 2 is 1.08 bits per heavy atom. The molecular weight excluding hydrogens is 472 g/mol. The molecule has 0 bridgehead atoms. The number of furan rings is 1. The van der Waals surface area contributed by atoms with Crippen LogP contribution < -0.4 is 0 Å². The number of hydrogen-bond acceptors (Lipinski definition) is 1. The minimum absolute atomic E-state index is 0.938. The van der Waals surface area contributed by atoms with Gasteiger partial charge in [0.25, 0.3) is 0 Å². The van der Waals surface area contributed by atoms with Crippen LogP contribution in [0.2, 0.25) is 0 Å². The molecule has 6 aromatic carbocycles. The lowest BCUT2D eigenvalue weighted by Crippen LogP contribution is -2.02. The van der Waals surface area contributed by atoms with Crippen molar-refractivity contribution in [3.8, 4) is 33.4 Å². The fraction of sp³-hybridized carbons (Fsp3) is 0.0526. The lowest BCUT2D eigenvalue weighted by molar-refractivity contribution is 0.669. The van der Waals surface area contributed by atoms with Crippen LogP contribution in [-0.2, 0) is 6.42 Å². The van der Waals surface area contributed by atoms with Gasteiger partial charge in [0, 0.05) is 10.8 Å². The largest absolute Gasteiger partial charge is 0.456 e. The second-order valence-electron chi connectivity index (χ2n) is 10.4. The lowest BCUT2D eigenvalue weighted by Gasteiger charge is -2.24. The van der Waals surface area contributed by atoms with Gasteiger partial charge in [0.1, 0.15) is 11.2 Å². The van der Waals surface area contributed by atoms with Crippen molar-refractivity contribution >= 4 is 38.8 Å². The van der Waals surface area contributed by atoms with E-state index in [9.17, 15) is 0 Å². The molecule has 0 fully saturated rings. The highest BCUT2D eigenvalue weighted by atomic mass is 16.3. The molecule has 0 saturated carbocycles. The lowest BCUT2D eigenvalue weighted by atomic mass is 9.80. The summed E-state index contributed by atoms with van der Waals surface area (Å²) in [5.41, 5.74) is 12.3.